The maximum atomic E-state index is 6.00. The highest BCUT2D eigenvalue weighted by Gasteiger charge is 2.12. The van der Waals surface area contributed by atoms with Crippen LogP contribution in [0.2, 0.25) is 5.02 Å². The van der Waals surface area contributed by atoms with Crippen molar-refractivity contribution in [3.8, 4) is 5.69 Å². The van der Waals surface area contributed by atoms with Crippen molar-refractivity contribution in [2.75, 3.05) is 5.73 Å². The first-order valence-corrected chi connectivity index (χ1v) is 6.79. The number of hydrogen-bond acceptors (Lipinski definition) is 3. The second-order valence-corrected chi connectivity index (χ2v) is 5.52. The SMILES string of the molecule is Cc1cnc2c(c1)nc(N)n2-c1ccc(Cl)c(Br)c1. The molecule has 2 N–H and O–H groups in total. The number of rotatable bonds is 1. The van der Waals surface area contributed by atoms with E-state index >= 15 is 0 Å². The van der Waals surface area contributed by atoms with Gasteiger partial charge in [-0.3, -0.25) is 4.57 Å². The van der Waals surface area contributed by atoms with Gasteiger partial charge in [0.05, 0.1) is 10.7 Å². The van der Waals surface area contributed by atoms with E-state index in [1.54, 1.807) is 16.8 Å². The van der Waals surface area contributed by atoms with Crippen molar-refractivity contribution in [2.24, 2.45) is 0 Å². The van der Waals surface area contributed by atoms with Crippen LogP contribution in [-0.2, 0) is 0 Å². The van der Waals surface area contributed by atoms with Gasteiger partial charge in [-0.1, -0.05) is 11.6 Å². The van der Waals surface area contributed by atoms with Crippen molar-refractivity contribution in [1.82, 2.24) is 14.5 Å². The first-order chi connectivity index (χ1) is 9.06. The van der Waals surface area contributed by atoms with Crippen LogP contribution in [0, 0.1) is 6.92 Å². The maximum Gasteiger partial charge on any atom is 0.207 e. The molecule has 4 nitrogen and oxygen atoms in total. The van der Waals surface area contributed by atoms with Gasteiger partial charge in [-0.25, -0.2) is 9.97 Å². The number of benzene rings is 1. The topological polar surface area (TPSA) is 56.7 Å². The van der Waals surface area contributed by atoms with Gasteiger partial charge in [-0.05, 0) is 52.7 Å². The average molecular weight is 338 g/mol. The van der Waals surface area contributed by atoms with E-state index in [0.29, 0.717) is 11.0 Å². The molecule has 0 saturated carbocycles. The van der Waals surface area contributed by atoms with Crippen LogP contribution >= 0.6 is 27.5 Å². The van der Waals surface area contributed by atoms with Gasteiger partial charge in [0.2, 0.25) is 5.95 Å². The summed E-state index contributed by atoms with van der Waals surface area (Å²) in [7, 11) is 0. The molecule has 0 unspecified atom stereocenters. The fourth-order valence-electron chi connectivity index (χ4n) is 1.96. The Morgan fingerprint density at radius 2 is 2.11 bits per heavy atom. The Labute approximate surface area is 123 Å². The van der Waals surface area contributed by atoms with Gasteiger partial charge in [0.15, 0.2) is 5.65 Å². The minimum absolute atomic E-state index is 0.405. The van der Waals surface area contributed by atoms with Crippen molar-refractivity contribution in [3.63, 3.8) is 0 Å². The lowest BCUT2D eigenvalue weighted by Crippen LogP contribution is -2.01. The van der Waals surface area contributed by atoms with Crippen LogP contribution in [0.3, 0.4) is 0 Å². The first-order valence-electron chi connectivity index (χ1n) is 5.62. The third-order valence-corrected chi connectivity index (χ3v) is 4.04. The number of aryl methyl sites for hydroxylation is 1. The lowest BCUT2D eigenvalue weighted by atomic mass is 10.3. The first kappa shape index (κ1) is 12.4. The number of imidazole rings is 1. The summed E-state index contributed by atoms with van der Waals surface area (Å²) in [6.45, 7) is 1.97. The quantitative estimate of drug-likeness (QED) is 0.736. The molecule has 0 fully saturated rings. The highest BCUT2D eigenvalue weighted by atomic mass is 79.9. The van der Waals surface area contributed by atoms with E-state index in [1.807, 2.05) is 25.1 Å². The number of hydrogen-bond donors (Lipinski definition) is 1. The normalized spacial score (nSPS) is 11.1. The zero-order valence-electron chi connectivity index (χ0n) is 10.1. The number of nitrogens with two attached hydrogens (primary N) is 1. The summed E-state index contributed by atoms with van der Waals surface area (Å²) in [5.41, 5.74) is 9.42. The number of nitrogen functional groups attached to an aromatic ring is 1. The molecule has 0 radical (unpaired) electrons. The van der Waals surface area contributed by atoms with Gasteiger partial charge in [-0.2, -0.15) is 0 Å². The molecule has 0 aliphatic heterocycles. The molecule has 96 valence electrons. The zero-order chi connectivity index (χ0) is 13.6. The van der Waals surface area contributed by atoms with Crippen LogP contribution in [0.15, 0.2) is 34.9 Å². The number of fused-ring (bicyclic) bond motifs is 1. The van der Waals surface area contributed by atoms with Gasteiger partial charge in [0, 0.05) is 10.7 Å². The monoisotopic (exact) mass is 336 g/mol. The highest BCUT2D eigenvalue weighted by Crippen LogP contribution is 2.28. The molecule has 1 aromatic carbocycles. The number of nitrogens with zero attached hydrogens (tertiary/aromatic N) is 3. The van der Waals surface area contributed by atoms with Crippen LogP contribution in [-0.4, -0.2) is 14.5 Å². The van der Waals surface area contributed by atoms with E-state index in [2.05, 4.69) is 25.9 Å². The summed E-state index contributed by atoms with van der Waals surface area (Å²) >= 11 is 9.41. The lowest BCUT2D eigenvalue weighted by molar-refractivity contribution is 1.08. The molecular weight excluding hydrogens is 328 g/mol. The third-order valence-electron chi connectivity index (χ3n) is 2.82. The predicted octanol–water partition coefficient (Wildman–Crippen LogP) is 3.73. The van der Waals surface area contributed by atoms with Crippen molar-refractivity contribution in [1.29, 1.82) is 0 Å². The standard InChI is InChI=1S/C13H10BrClN4/c1-7-4-11-12(17-6-7)19(13(16)18-11)8-2-3-10(15)9(14)5-8/h2-6H,1H3,(H2,16,18). The molecule has 3 aromatic rings. The summed E-state index contributed by atoms with van der Waals surface area (Å²) in [5, 5.41) is 0.649. The van der Waals surface area contributed by atoms with E-state index in [1.165, 1.54) is 0 Å². The van der Waals surface area contributed by atoms with Gasteiger partial charge in [0.25, 0.3) is 0 Å². The molecule has 0 amide bonds. The number of pyridine rings is 1. The van der Waals surface area contributed by atoms with Crippen LogP contribution in [0.4, 0.5) is 5.95 Å². The molecule has 0 aliphatic carbocycles. The van der Waals surface area contributed by atoms with Crippen molar-refractivity contribution in [3.05, 3.63) is 45.5 Å². The van der Waals surface area contributed by atoms with Gasteiger partial charge in [0.1, 0.15) is 5.52 Å². The molecule has 0 bridgehead atoms. The molecule has 0 saturated heterocycles. The lowest BCUT2D eigenvalue weighted by Gasteiger charge is -2.07. The van der Waals surface area contributed by atoms with Crippen LogP contribution in [0.1, 0.15) is 5.56 Å². The van der Waals surface area contributed by atoms with Crippen molar-refractivity contribution >= 4 is 44.6 Å². The molecule has 0 aliphatic rings. The van der Waals surface area contributed by atoms with E-state index < -0.39 is 0 Å². The summed E-state index contributed by atoms with van der Waals surface area (Å²) in [5.74, 6) is 0.405. The van der Waals surface area contributed by atoms with Gasteiger partial charge in [-0.15, -0.1) is 0 Å². The number of halogens is 2. The van der Waals surface area contributed by atoms with E-state index in [9.17, 15) is 0 Å². The summed E-state index contributed by atoms with van der Waals surface area (Å²) in [6, 6.07) is 7.54. The Balaban J connectivity index is 2.29. The van der Waals surface area contributed by atoms with Gasteiger partial charge >= 0.3 is 0 Å². The Bertz CT molecular complexity index is 782. The smallest absolute Gasteiger partial charge is 0.207 e. The number of anilines is 1. The van der Waals surface area contributed by atoms with E-state index in [-0.39, 0.29) is 0 Å². The Hall–Kier alpha value is -1.59. The molecule has 6 heteroatoms. The summed E-state index contributed by atoms with van der Waals surface area (Å²) in [4.78, 5) is 8.73. The third kappa shape index (κ3) is 2.09. The number of aromatic nitrogens is 3. The second-order valence-electron chi connectivity index (χ2n) is 4.26. The fraction of sp³-hybridized carbons (Fsp3) is 0.0769. The Morgan fingerprint density at radius 1 is 1.32 bits per heavy atom. The highest BCUT2D eigenvalue weighted by molar-refractivity contribution is 9.10. The summed E-state index contributed by atoms with van der Waals surface area (Å²) < 4.78 is 2.61. The molecule has 2 aromatic heterocycles. The van der Waals surface area contributed by atoms with Crippen molar-refractivity contribution < 1.29 is 0 Å². The largest absolute Gasteiger partial charge is 0.369 e. The Morgan fingerprint density at radius 3 is 2.84 bits per heavy atom. The molecule has 19 heavy (non-hydrogen) atoms. The maximum absolute atomic E-state index is 6.00. The predicted molar refractivity (Wildman–Crippen MR) is 80.7 cm³/mol. The second kappa shape index (κ2) is 4.51. The zero-order valence-corrected chi connectivity index (χ0v) is 12.4. The van der Waals surface area contributed by atoms with Crippen molar-refractivity contribution in [2.45, 2.75) is 6.92 Å². The molecule has 3 rings (SSSR count). The minimum Gasteiger partial charge on any atom is -0.369 e. The fourth-order valence-corrected chi connectivity index (χ4v) is 2.45. The van der Waals surface area contributed by atoms with Crippen LogP contribution < -0.4 is 5.73 Å². The molecule has 0 atom stereocenters. The van der Waals surface area contributed by atoms with Crippen LogP contribution in [0.5, 0.6) is 0 Å². The average Bonchev–Trinajstić information content (AvgIpc) is 2.68. The molecule has 2 heterocycles. The Kier molecular flexibility index (Phi) is 2.95. The van der Waals surface area contributed by atoms with Crippen LogP contribution in [0.25, 0.3) is 16.9 Å². The van der Waals surface area contributed by atoms with E-state index in [0.717, 1.165) is 26.9 Å². The minimum atomic E-state index is 0.405. The molecule has 0 spiro atoms. The van der Waals surface area contributed by atoms with E-state index in [4.69, 9.17) is 17.3 Å². The molecular formula is C13H10BrClN4. The van der Waals surface area contributed by atoms with Gasteiger partial charge < -0.3 is 5.73 Å². The summed E-state index contributed by atoms with van der Waals surface area (Å²) in [6.07, 6.45) is 1.80.